The quantitative estimate of drug-likeness (QED) is 0.471. The molecule has 0 saturated carbocycles. The number of halogens is 1. The summed E-state index contributed by atoms with van der Waals surface area (Å²) < 4.78 is 8.03. The highest BCUT2D eigenvalue weighted by Crippen LogP contribution is 2.25. The van der Waals surface area contributed by atoms with Crippen molar-refractivity contribution in [2.45, 2.75) is 38.8 Å². The van der Waals surface area contributed by atoms with Gasteiger partial charge in [0.2, 0.25) is 11.7 Å². The van der Waals surface area contributed by atoms with E-state index in [1.807, 2.05) is 11.8 Å². The first-order chi connectivity index (χ1) is 15.5. The Hall–Kier alpha value is -3.46. The number of pyridine rings is 1. The molecule has 3 aromatic heterocycles. The van der Waals surface area contributed by atoms with E-state index >= 15 is 0 Å². The first-order valence-electron chi connectivity index (χ1n) is 10.5. The first kappa shape index (κ1) is 20.4. The highest BCUT2D eigenvalue weighted by Gasteiger charge is 2.25. The Labute approximate surface area is 188 Å². The molecule has 0 N–H and O–H groups in total. The smallest absolute Gasteiger partial charge is 0.338 e. The number of hydrogen-bond donors (Lipinski definition) is 0. The molecular formula is C22H21ClN6O3. The van der Waals surface area contributed by atoms with E-state index < -0.39 is 5.69 Å². The molecule has 1 aromatic carbocycles. The maximum absolute atomic E-state index is 12.9. The van der Waals surface area contributed by atoms with E-state index in [1.165, 1.54) is 9.08 Å². The highest BCUT2D eigenvalue weighted by atomic mass is 35.5. The molecular weight excluding hydrogens is 432 g/mol. The van der Waals surface area contributed by atoms with Gasteiger partial charge < -0.3 is 9.42 Å². The number of amides is 1. The Morgan fingerprint density at radius 3 is 2.81 bits per heavy atom. The van der Waals surface area contributed by atoms with E-state index in [0.717, 1.165) is 24.8 Å². The number of rotatable bonds is 4. The van der Waals surface area contributed by atoms with Crippen molar-refractivity contribution < 1.29 is 9.32 Å². The largest absolute Gasteiger partial charge is 0.350 e. The lowest BCUT2D eigenvalue weighted by Gasteiger charge is -2.33. The van der Waals surface area contributed by atoms with Crippen molar-refractivity contribution in [1.29, 1.82) is 0 Å². The number of aromatic nitrogens is 5. The van der Waals surface area contributed by atoms with Gasteiger partial charge in [0.25, 0.3) is 5.89 Å². The van der Waals surface area contributed by atoms with Gasteiger partial charge in [-0.25, -0.2) is 13.9 Å². The lowest BCUT2D eigenvalue weighted by Crippen LogP contribution is -2.44. The van der Waals surface area contributed by atoms with Crippen LogP contribution in [0.25, 0.3) is 28.5 Å². The average Bonchev–Trinajstić information content (AvgIpc) is 3.40. The summed E-state index contributed by atoms with van der Waals surface area (Å²) in [6.07, 6.45) is 4.68. The molecule has 4 aromatic rings. The van der Waals surface area contributed by atoms with Crippen LogP contribution in [0, 0.1) is 0 Å². The van der Waals surface area contributed by atoms with Crippen molar-refractivity contribution >= 4 is 23.2 Å². The summed E-state index contributed by atoms with van der Waals surface area (Å²) in [5.41, 5.74) is 1.22. The number of piperidine rings is 1. The standard InChI is InChI=1S/C22H21ClN6O3/c1-14-5-2-3-11-27(14)18(30)13-29-22(31)28-12-4-6-17(20(28)25-29)21-24-19(26-32-21)15-7-9-16(23)10-8-15/h4,6-10,12,14H,2-3,5,11,13H2,1H3/t14-/m1/s1. The number of nitrogens with zero attached hydrogens (tertiary/aromatic N) is 6. The van der Waals surface area contributed by atoms with Crippen molar-refractivity contribution in [1.82, 2.24) is 29.2 Å². The Balaban J connectivity index is 1.47. The summed E-state index contributed by atoms with van der Waals surface area (Å²) in [5.74, 6) is 0.524. The molecule has 32 heavy (non-hydrogen) atoms. The summed E-state index contributed by atoms with van der Waals surface area (Å²) in [5, 5.41) is 9.06. The van der Waals surface area contributed by atoms with Crippen molar-refractivity contribution in [3.8, 4) is 22.8 Å². The third kappa shape index (κ3) is 3.69. The lowest BCUT2D eigenvalue weighted by atomic mass is 10.0. The number of likely N-dealkylation sites (tertiary alicyclic amines) is 1. The molecule has 0 bridgehead atoms. The van der Waals surface area contributed by atoms with Gasteiger partial charge in [0.1, 0.15) is 6.54 Å². The zero-order chi connectivity index (χ0) is 22.2. The molecule has 0 radical (unpaired) electrons. The second kappa shape index (κ2) is 8.23. The summed E-state index contributed by atoms with van der Waals surface area (Å²) in [4.78, 5) is 32.0. The number of carbonyl (C=O) groups is 1. The van der Waals surface area contributed by atoms with E-state index in [0.29, 0.717) is 28.6 Å². The average molecular weight is 453 g/mol. The summed E-state index contributed by atoms with van der Waals surface area (Å²) in [6, 6.07) is 10.7. The molecule has 0 unspecified atom stereocenters. The predicted octanol–water partition coefficient (Wildman–Crippen LogP) is 3.27. The van der Waals surface area contributed by atoms with Crippen LogP contribution in [-0.4, -0.2) is 47.7 Å². The molecule has 1 amide bonds. The van der Waals surface area contributed by atoms with Gasteiger partial charge in [-0.2, -0.15) is 4.98 Å². The number of carbonyl (C=O) groups excluding carboxylic acids is 1. The van der Waals surface area contributed by atoms with E-state index in [1.54, 1.807) is 42.6 Å². The van der Waals surface area contributed by atoms with E-state index in [-0.39, 0.29) is 24.4 Å². The van der Waals surface area contributed by atoms with E-state index in [4.69, 9.17) is 16.1 Å². The summed E-state index contributed by atoms with van der Waals surface area (Å²) in [6.45, 7) is 2.64. The van der Waals surface area contributed by atoms with Gasteiger partial charge in [0.15, 0.2) is 5.65 Å². The van der Waals surface area contributed by atoms with Crippen LogP contribution in [0.1, 0.15) is 26.2 Å². The normalized spacial score (nSPS) is 16.6. The highest BCUT2D eigenvalue weighted by molar-refractivity contribution is 6.30. The van der Waals surface area contributed by atoms with E-state index in [2.05, 4.69) is 15.2 Å². The minimum absolute atomic E-state index is 0.105. The molecule has 10 heteroatoms. The molecule has 1 aliphatic rings. The molecule has 1 saturated heterocycles. The minimum Gasteiger partial charge on any atom is -0.338 e. The molecule has 0 spiro atoms. The first-order valence-corrected chi connectivity index (χ1v) is 10.9. The number of hydrogen-bond acceptors (Lipinski definition) is 6. The zero-order valence-electron chi connectivity index (χ0n) is 17.4. The van der Waals surface area contributed by atoms with Crippen LogP contribution in [0.5, 0.6) is 0 Å². The molecule has 1 aliphatic heterocycles. The third-order valence-corrected chi connectivity index (χ3v) is 6.03. The van der Waals surface area contributed by atoms with Crippen LogP contribution in [0.2, 0.25) is 5.02 Å². The molecule has 9 nitrogen and oxygen atoms in total. The van der Waals surface area contributed by atoms with Crippen molar-refractivity contribution in [2.24, 2.45) is 0 Å². The van der Waals surface area contributed by atoms with Crippen LogP contribution >= 0.6 is 11.6 Å². The van der Waals surface area contributed by atoms with Crippen LogP contribution in [0.4, 0.5) is 0 Å². The summed E-state index contributed by atoms with van der Waals surface area (Å²) in [7, 11) is 0. The maximum atomic E-state index is 12.9. The molecule has 164 valence electrons. The topological polar surface area (TPSA) is 98.5 Å². The van der Waals surface area contributed by atoms with Gasteiger partial charge >= 0.3 is 5.69 Å². The molecule has 1 fully saturated rings. The SMILES string of the molecule is C[C@@H]1CCCCN1C(=O)Cn1nc2c(-c3nc(-c4ccc(Cl)cc4)no3)cccn2c1=O. The van der Waals surface area contributed by atoms with Gasteiger partial charge in [-0.05, 0) is 62.6 Å². The predicted molar refractivity (Wildman–Crippen MR) is 118 cm³/mol. The molecule has 5 rings (SSSR count). The van der Waals surface area contributed by atoms with Crippen LogP contribution in [-0.2, 0) is 11.3 Å². The fourth-order valence-corrected chi connectivity index (χ4v) is 4.17. The van der Waals surface area contributed by atoms with Gasteiger partial charge in [-0.1, -0.05) is 16.8 Å². The summed E-state index contributed by atoms with van der Waals surface area (Å²) >= 11 is 5.94. The number of benzene rings is 1. The monoisotopic (exact) mass is 452 g/mol. The van der Waals surface area contributed by atoms with Crippen LogP contribution < -0.4 is 5.69 Å². The Morgan fingerprint density at radius 2 is 2.03 bits per heavy atom. The van der Waals surface area contributed by atoms with Crippen molar-refractivity contribution in [3.63, 3.8) is 0 Å². The Morgan fingerprint density at radius 1 is 1.22 bits per heavy atom. The van der Waals surface area contributed by atoms with Gasteiger partial charge in [0, 0.05) is 29.4 Å². The third-order valence-electron chi connectivity index (χ3n) is 5.78. The Bertz CT molecular complexity index is 1340. The van der Waals surface area contributed by atoms with E-state index in [9.17, 15) is 9.59 Å². The van der Waals surface area contributed by atoms with Gasteiger partial charge in [-0.15, -0.1) is 5.10 Å². The molecule has 1 atom stereocenters. The lowest BCUT2D eigenvalue weighted by molar-refractivity contribution is -0.135. The van der Waals surface area contributed by atoms with Gasteiger partial charge in [0.05, 0.1) is 5.56 Å². The fourth-order valence-electron chi connectivity index (χ4n) is 4.04. The van der Waals surface area contributed by atoms with Crippen molar-refractivity contribution in [2.75, 3.05) is 6.54 Å². The van der Waals surface area contributed by atoms with Gasteiger partial charge in [-0.3, -0.25) is 4.79 Å². The zero-order valence-corrected chi connectivity index (χ0v) is 18.2. The van der Waals surface area contributed by atoms with Crippen LogP contribution in [0.15, 0.2) is 51.9 Å². The second-order valence-electron chi connectivity index (χ2n) is 7.92. The van der Waals surface area contributed by atoms with Crippen molar-refractivity contribution in [3.05, 3.63) is 58.1 Å². The maximum Gasteiger partial charge on any atom is 0.350 e. The fraction of sp³-hybridized carbons (Fsp3) is 0.318. The van der Waals surface area contributed by atoms with Crippen LogP contribution in [0.3, 0.4) is 0 Å². The Kier molecular flexibility index (Phi) is 5.26. The number of fused-ring (bicyclic) bond motifs is 1. The second-order valence-corrected chi connectivity index (χ2v) is 8.35. The minimum atomic E-state index is -0.391. The molecule has 4 heterocycles. The molecule has 0 aliphatic carbocycles.